The summed E-state index contributed by atoms with van der Waals surface area (Å²) in [5, 5.41) is 13.1. The molecule has 13 heteroatoms. The zero-order valence-corrected chi connectivity index (χ0v) is 27.2. The number of methoxy groups -OCH3 is 1. The van der Waals surface area contributed by atoms with E-state index in [1.54, 1.807) is 24.4 Å². The summed E-state index contributed by atoms with van der Waals surface area (Å²) < 4.78 is 53.5. The van der Waals surface area contributed by atoms with Crippen LogP contribution < -0.4 is 29.8 Å². The van der Waals surface area contributed by atoms with Crippen molar-refractivity contribution < 1.29 is 37.6 Å². The Balaban J connectivity index is 1.08. The van der Waals surface area contributed by atoms with Crippen LogP contribution in [0.5, 0.6) is 28.7 Å². The predicted octanol–water partition coefficient (Wildman–Crippen LogP) is 5.49. The monoisotopic (exact) mass is 684 g/mol. The standard InChI is InChI=1S/C37H34F2N4O7/c1-47-32-18-27-29(19-33(32)48-16-14-42-13-2-3-26(44)21-42)40-12-10-30(27)50-31-9-6-24(17-28(31)39)41-36(45)34-35-22(11-15-49-35)20-43(37(34)46)25-7-4-23(38)5-8-25/h4-10,12,17-20,26,44H,2-3,11,13-16,21H2,1H3,(H,41,45). The molecule has 4 heterocycles. The van der Waals surface area contributed by atoms with E-state index in [2.05, 4.69) is 15.2 Å². The largest absolute Gasteiger partial charge is 0.493 e. The number of benzene rings is 3. The Labute approximate surface area is 285 Å². The lowest BCUT2D eigenvalue weighted by molar-refractivity contribution is 0.0630. The number of aliphatic hydroxyl groups is 1. The van der Waals surface area contributed by atoms with Crippen molar-refractivity contribution >= 4 is 22.5 Å². The van der Waals surface area contributed by atoms with Crippen LogP contribution in [0.25, 0.3) is 16.6 Å². The molecule has 1 fully saturated rings. The van der Waals surface area contributed by atoms with E-state index in [-0.39, 0.29) is 35.5 Å². The van der Waals surface area contributed by atoms with Crippen LogP contribution in [0, 0.1) is 11.6 Å². The van der Waals surface area contributed by atoms with E-state index in [0.717, 1.165) is 25.5 Å². The second-order valence-corrected chi connectivity index (χ2v) is 12.1. The number of aliphatic hydroxyl groups excluding tert-OH is 1. The molecule has 3 aromatic carbocycles. The number of β-amino-alcohol motifs (C(OH)–C–C–N with tert-alkyl or cyclic N) is 1. The number of carbonyl (C=O) groups excluding carboxylic acids is 1. The minimum atomic E-state index is -0.781. The van der Waals surface area contributed by atoms with Crippen molar-refractivity contribution in [2.75, 3.05) is 45.3 Å². The fourth-order valence-corrected chi connectivity index (χ4v) is 6.23. The number of halogens is 2. The molecule has 1 atom stereocenters. The molecule has 1 amide bonds. The Morgan fingerprint density at radius 1 is 1.06 bits per heavy atom. The number of ether oxygens (including phenoxy) is 4. The molecule has 2 aliphatic heterocycles. The van der Waals surface area contributed by atoms with Crippen molar-refractivity contribution in [1.82, 2.24) is 14.5 Å². The number of hydrogen-bond donors (Lipinski definition) is 2. The molecule has 1 unspecified atom stereocenters. The molecule has 0 saturated carbocycles. The third-order valence-corrected chi connectivity index (χ3v) is 8.73. The van der Waals surface area contributed by atoms with Gasteiger partial charge in [-0.05, 0) is 67.9 Å². The number of nitrogens with one attached hydrogen (secondary N) is 1. The number of rotatable bonds is 10. The van der Waals surface area contributed by atoms with Crippen LogP contribution in [0.15, 0.2) is 77.9 Å². The average molecular weight is 685 g/mol. The van der Waals surface area contributed by atoms with Gasteiger partial charge in [0.15, 0.2) is 23.1 Å². The molecular weight excluding hydrogens is 650 g/mol. The fourth-order valence-electron chi connectivity index (χ4n) is 6.23. The minimum absolute atomic E-state index is 0.0882. The number of nitrogens with zero attached hydrogens (tertiary/aromatic N) is 3. The van der Waals surface area contributed by atoms with E-state index in [9.17, 15) is 19.1 Å². The van der Waals surface area contributed by atoms with Crippen LogP contribution in [0.4, 0.5) is 14.5 Å². The van der Waals surface area contributed by atoms with Crippen LogP contribution in [-0.2, 0) is 6.42 Å². The highest BCUT2D eigenvalue weighted by molar-refractivity contribution is 6.06. The second-order valence-electron chi connectivity index (χ2n) is 12.1. The molecule has 0 aliphatic carbocycles. The van der Waals surface area contributed by atoms with E-state index >= 15 is 4.39 Å². The minimum Gasteiger partial charge on any atom is -0.493 e. The molecule has 11 nitrogen and oxygen atoms in total. The zero-order chi connectivity index (χ0) is 34.8. The highest BCUT2D eigenvalue weighted by Crippen LogP contribution is 2.38. The van der Waals surface area contributed by atoms with Gasteiger partial charge < -0.3 is 29.4 Å². The van der Waals surface area contributed by atoms with Crippen LogP contribution in [0.1, 0.15) is 28.8 Å². The van der Waals surface area contributed by atoms with Gasteiger partial charge in [0.1, 0.15) is 29.5 Å². The topological polar surface area (TPSA) is 124 Å². The lowest BCUT2D eigenvalue weighted by Gasteiger charge is -2.29. The number of amides is 1. The van der Waals surface area contributed by atoms with Gasteiger partial charge in [0.25, 0.3) is 11.5 Å². The van der Waals surface area contributed by atoms with Crippen LogP contribution in [0.2, 0.25) is 0 Å². The van der Waals surface area contributed by atoms with Crippen LogP contribution >= 0.6 is 0 Å². The maximum Gasteiger partial charge on any atom is 0.271 e. The highest BCUT2D eigenvalue weighted by Gasteiger charge is 2.27. The normalized spacial score (nSPS) is 15.7. The Hall–Kier alpha value is -5.53. The van der Waals surface area contributed by atoms with Crippen molar-refractivity contribution in [3.05, 3.63) is 106 Å². The number of fused-ring (bicyclic) bond motifs is 2. The number of hydrogen-bond acceptors (Lipinski definition) is 9. The molecule has 2 N–H and O–H groups in total. The lowest BCUT2D eigenvalue weighted by Crippen LogP contribution is -2.40. The first-order chi connectivity index (χ1) is 24.3. The molecule has 7 rings (SSSR count). The van der Waals surface area contributed by atoms with Gasteiger partial charge in [0.05, 0.1) is 25.3 Å². The SMILES string of the molecule is COc1cc2c(Oc3ccc(NC(=O)c4c5c(cn(-c6ccc(F)cc6)c4=O)CCO5)cc3F)ccnc2cc1OCCN1CCCC(O)C1. The van der Waals surface area contributed by atoms with Crippen molar-refractivity contribution in [2.24, 2.45) is 0 Å². The van der Waals surface area contributed by atoms with E-state index in [4.69, 9.17) is 18.9 Å². The lowest BCUT2D eigenvalue weighted by atomic mass is 10.1. The van der Waals surface area contributed by atoms with Crippen molar-refractivity contribution in [2.45, 2.75) is 25.4 Å². The number of pyridine rings is 2. The van der Waals surface area contributed by atoms with Gasteiger partial charge in [-0.1, -0.05) is 0 Å². The molecule has 2 aromatic heterocycles. The molecule has 0 bridgehead atoms. The summed E-state index contributed by atoms with van der Waals surface area (Å²) in [4.78, 5) is 33.5. The summed E-state index contributed by atoms with van der Waals surface area (Å²) in [6.45, 7) is 2.86. The Morgan fingerprint density at radius 2 is 1.90 bits per heavy atom. The van der Waals surface area contributed by atoms with Gasteiger partial charge in [-0.3, -0.25) is 24.0 Å². The highest BCUT2D eigenvalue weighted by atomic mass is 19.1. The van der Waals surface area contributed by atoms with E-state index in [1.165, 1.54) is 54.3 Å². The third kappa shape index (κ3) is 6.82. The summed E-state index contributed by atoms with van der Waals surface area (Å²) in [7, 11) is 1.52. The number of carbonyl (C=O) groups is 1. The summed E-state index contributed by atoms with van der Waals surface area (Å²) in [6.07, 6.45) is 5.03. The molecule has 2 aliphatic rings. The van der Waals surface area contributed by atoms with Crippen LogP contribution in [0.3, 0.4) is 0 Å². The summed E-state index contributed by atoms with van der Waals surface area (Å²) in [5.74, 6) is -0.692. The molecule has 258 valence electrons. The van der Waals surface area contributed by atoms with Crippen LogP contribution in [-0.4, -0.2) is 71.5 Å². The first-order valence-corrected chi connectivity index (χ1v) is 16.2. The number of piperidine rings is 1. The van der Waals surface area contributed by atoms with E-state index in [0.29, 0.717) is 65.5 Å². The van der Waals surface area contributed by atoms with Gasteiger partial charge in [0, 0.05) is 66.4 Å². The Morgan fingerprint density at radius 3 is 2.68 bits per heavy atom. The van der Waals surface area contributed by atoms with Crippen molar-refractivity contribution in [3.63, 3.8) is 0 Å². The van der Waals surface area contributed by atoms with Gasteiger partial charge in [-0.15, -0.1) is 0 Å². The number of aromatic nitrogens is 2. The number of anilines is 1. The zero-order valence-electron chi connectivity index (χ0n) is 27.2. The summed E-state index contributed by atoms with van der Waals surface area (Å²) >= 11 is 0. The Bertz CT molecular complexity index is 2120. The molecule has 50 heavy (non-hydrogen) atoms. The molecule has 1 saturated heterocycles. The van der Waals surface area contributed by atoms with Gasteiger partial charge in [0.2, 0.25) is 0 Å². The third-order valence-electron chi connectivity index (χ3n) is 8.73. The first kappa shape index (κ1) is 33.0. The van der Waals surface area contributed by atoms with Gasteiger partial charge in [-0.25, -0.2) is 8.78 Å². The average Bonchev–Trinajstić information content (AvgIpc) is 3.57. The van der Waals surface area contributed by atoms with Crippen molar-refractivity contribution in [1.29, 1.82) is 0 Å². The molecule has 0 spiro atoms. The molecular formula is C37H34F2N4O7. The van der Waals surface area contributed by atoms with Crippen molar-refractivity contribution in [3.8, 4) is 34.4 Å². The fraction of sp³-hybridized carbons (Fsp3) is 0.270. The van der Waals surface area contributed by atoms with Gasteiger partial charge in [-0.2, -0.15) is 0 Å². The maximum atomic E-state index is 15.5. The number of likely N-dealkylation sites (tertiary alicyclic amines) is 1. The molecule has 0 radical (unpaired) electrons. The maximum absolute atomic E-state index is 15.5. The van der Waals surface area contributed by atoms with E-state index < -0.39 is 23.1 Å². The summed E-state index contributed by atoms with van der Waals surface area (Å²) in [6, 6.07) is 14.3. The van der Waals surface area contributed by atoms with Gasteiger partial charge >= 0.3 is 0 Å². The smallest absolute Gasteiger partial charge is 0.271 e. The predicted molar refractivity (Wildman–Crippen MR) is 181 cm³/mol. The molecule has 5 aromatic rings. The quantitative estimate of drug-likeness (QED) is 0.197. The second kappa shape index (κ2) is 14.1. The first-order valence-electron chi connectivity index (χ1n) is 16.2. The van der Waals surface area contributed by atoms with E-state index in [1.807, 2.05) is 0 Å². The summed E-state index contributed by atoms with van der Waals surface area (Å²) in [5.41, 5.74) is 0.755. The Kier molecular flexibility index (Phi) is 9.33.